The maximum Gasteiger partial charge on any atom is 0.237 e. The van der Waals surface area contributed by atoms with Crippen LogP contribution in [0.4, 0.5) is 21.8 Å². The van der Waals surface area contributed by atoms with Crippen LogP contribution >= 0.6 is 0 Å². The molecule has 1 saturated heterocycles. The Bertz CT molecular complexity index is 1320. The zero-order valence-electron chi connectivity index (χ0n) is 18.7. The van der Waals surface area contributed by atoms with Gasteiger partial charge < -0.3 is 20.1 Å². The van der Waals surface area contributed by atoms with Crippen LogP contribution in [-0.4, -0.2) is 50.7 Å². The van der Waals surface area contributed by atoms with Gasteiger partial charge in [-0.1, -0.05) is 12.8 Å². The van der Waals surface area contributed by atoms with Gasteiger partial charge in [-0.3, -0.25) is 0 Å². The van der Waals surface area contributed by atoms with Crippen LogP contribution in [0.3, 0.4) is 0 Å². The highest BCUT2D eigenvalue weighted by Crippen LogP contribution is 2.38. The first kappa shape index (κ1) is 20.3. The molecule has 6 rings (SSSR count). The van der Waals surface area contributed by atoms with Gasteiger partial charge >= 0.3 is 0 Å². The van der Waals surface area contributed by atoms with Crippen LogP contribution in [0.15, 0.2) is 30.6 Å². The average molecular weight is 447 g/mol. The van der Waals surface area contributed by atoms with Crippen molar-refractivity contribution in [1.82, 2.24) is 29.8 Å². The lowest BCUT2D eigenvalue weighted by atomic mass is 10.2. The lowest BCUT2D eigenvalue weighted by molar-refractivity contribution is 0.526. The molecule has 1 aliphatic heterocycles. The normalized spacial score (nSPS) is 17.3. The van der Waals surface area contributed by atoms with Gasteiger partial charge in [0.25, 0.3) is 0 Å². The second kappa shape index (κ2) is 8.22. The molecule has 1 aliphatic carbocycles. The summed E-state index contributed by atoms with van der Waals surface area (Å²) in [6, 6.07) is 6.15. The number of fused-ring (bicyclic) bond motifs is 3. The van der Waals surface area contributed by atoms with E-state index in [4.69, 9.17) is 9.97 Å². The van der Waals surface area contributed by atoms with Crippen LogP contribution < -0.4 is 15.5 Å². The zero-order chi connectivity index (χ0) is 22.4. The molecule has 8 nitrogen and oxygen atoms in total. The number of nitrogens with zero attached hydrogens (tertiary/aromatic N) is 6. The topological polar surface area (TPSA) is 83.8 Å². The van der Waals surface area contributed by atoms with Gasteiger partial charge in [0, 0.05) is 55.4 Å². The Kier molecular flexibility index (Phi) is 5.05. The highest BCUT2D eigenvalue weighted by atomic mass is 19.1. The number of aromatic nitrogens is 5. The lowest BCUT2D eigenvalue weighted by Crippen LogP contribution is -2.43. The maximum atomic E-state index is 14.8. The molecule has 2 fully saturated rings. The van der Waals surface area contributed by atoms with E-state index in [9.17, 15) is 4.39 Å². The summed E-state index contributed by atoms with van der Waals surface area (Å²) in [4.78, 5) is 20.4. The van der Waals surface area contributed by atoms with Crippen molar-refractivity contribution in [3.05, 3.63) is 42.2 Å². The predicted molar refractivity (Wildman–Crippen MR) is 128 cm³/mol. The minimum Gasteiger partial charge on any atom is -0.368 e. The van der Waals surface area contributed by atoms with Crippen LogP contribution in [0.5, 0.6) is 0 Å². The summed E-state index contributed by atoms with van der Waals surface area (Å²) >= 11 is 0. The van der Waals surface area contributed by atoms with Crippen molar-refractivity contribution in [2.75, 3.05) is 36.4 Å². The van der Waals surface area contributed by atoms with Crippen molar-refractivity contribution in [3.63, 3.8) is 0 Å². The quantitative estimate of drug-likeness (QED) is 0.457. The first-order valence-corrected chi connectivity index (χ1v) is 11.7. The summed E-state index contributed by atoms with van der Waals surface area (Å²) in [6.45, 7) is 5.95. The number of nitrogens with one attached hydrogen (secondary N) is 2. The number of anilines is 3. The van der Waals surface area contributed by atoms with Gasteiger partial charge in [0.05, 0.1) is 11.4 Å². The summed E-state index contributed by atoms with van der Waals surface area (Å²) in [5.41, 5.74) is 3.40. The van der Waals surface area contributed by atoms with Crippen LogP contribution in [0.1, 0.15) is 37.4 Å². The summed E-state index contributed by atoms with van der Waals surface area (Å²) in [5, 5.41) is 8.30. The van der Waals surface area contributed by atoms with E-state index in [0.717, 1.165) is 79.7 Å². The maximum absolute atomic E-state index is 14.8. The highest BCUT2D eigenvalue weighted by molar-refractivity contribution is 6.06. The molecule has 0 amide bonds. The fourth-order valence-electron chi connectivity index (χ4n) is 5.28. The zero-order valence-corrected chi connectivity index (χ0v) is 18.7. The van der Waals surface area contributed by atoms with Crippen LogP contribution in [0, 0.1) is 12.9 Å². The minimum atomic E-state index is -0.451. The number of rotatable bonds is 4. The van der Waals surface area contributed by atoms with Crippen molar-refractivity contribution in [2.45, 2.75) is 38.6 Å². The van der Waals surface area contributed by atoms with E-state index in [0.29, 0.717) is 17.3 Å². The fourth-order valence-corrected chi connectivity index (χ4v) is 5.28. The van der Waals surface area contributed by atoms with Crippen LogP contribution in [-0.2, 0) is 0 Å². The first-order valence-electron chi connectivity index (χ1n) is 11.7. The van der Waals surface area contributed by atoms with Gasteiger partial charge in [-0.25, -0.2) is 15.0 Å². The van der Waals surface area contributed by atoms with E-state index in [1.165, 1.54) is 6.20 Å². The molecule has 2 N–H and O–H groups in total. The highest BCUT2D eigenvalue weighted by Gasteiger charge is 2.25. The third kappa shape index (κ3) is 3.56. The minimum absolute atomic E-state index is 0.227. The van der Waals surface area contributed by atoms with E-state index in [1.54, 1.807) is 6.20 Å². The lowest BCUT2D eigenvalue weighted by Gasteiger charge is -2.30. The van der Waals surface area contributed by atoms with Crippen molar-refractivity contribution in [3.8, 4) is 0 Å². The third-order valence-electron chi connectivity index (χ3n) is 6.85. The molecule has 0 radical (unpaired) electrons. The largest absolute Gasteiger partial charge is 0.368 e. The Hall–Kier alpha value is -3.33. The third-order valence-corrected chi connectivity index (χ3v) is 6.85. The van der Waals surface area contributed by atoms with E-state index >= 15 is 0 Å². The summed E-state index contributed by atoms with van der Waals surface area (Å²) in [7, 11) is 0. The number of hydrogen-bond donors (Lipinski definition) is 2. The molecule has 33 heavy (non-hydrogen) atoms. The van der Waals surface area contributed by atoms with Gasteiger partial charge in [0.2, 0.25) is 11.9 Å². The van der Waals surface area contributed by atoms with E-state index < -0.39 is 5.95 Å². The van der Waals surface area contributed by atoms with Gasteiger partial charge in [-0.2, -0.15) is 9.37 Å². The monoisotopic (exact) mass is 446 g/mol. The Labute approximate surface area is 191 Å². The Balaban J connectivity index is 1.38. The Morgan fingerprint density at radius 2 is 1.85 bits per heavy atom. The van der Waals surface area contributed by atoms with E-state index in [1.807, 2.05) is 23.6 Å². The molecule has 9 heteroatoms. The molecule has 0 atom stereocenters. The van der Waals surface area contributed by atoms with Gasteiger partial charge in [-0.05, 0) is 38.0 Å². The number of hydrogen-bond acceptors (Lipinski definition) is 7. The standard InChI is InChI=1S/C24H27FN8/c1-15-19(32-12-10-26-11-13-32)6-7-20(29-15)30-24-28-14-18-17-8-9-27-22(25)21(17)33(23(18)31-24)16-4-2-3-5-16/h6-9,14,16,26H,2-5,10-13H2,1H3,(H,28,29,30,31). The second-order valence-corrected chi connectivity index (χ2v) is 8.90. The predicted octanol–water partition coefficient (Wildman–Crippen LogP) is 4.09. The Morgan fingerprint density at radius 3 is 2.64 bits per heavy atom. The molecule has 1 saturated carbocycles. The molecule has 5 heterocycles. The number of pyridine rings is 2. The number of halogens is 1. The summed E-state index contributed by atoms with van der Waals surface area (Å²) in [5.74, 6) is 0.703. The molecule has 0 bridgehead atoms. The SMILES string of the molecule is Cc1nc(Nc2ncc3c4ccnc(F)c4n(C4CCCC4)c3n2)ccc1N1CCNCC1. The summed E-state index contributed by atoms with van der Waals surface area (Å²) in [6.07, 6.45) is 7.62. The van der Waals surface area contributed by atoms with E-state index in [-0.39, 0.29) is 6.04 Å². The van der Waals surface area contributed by atoms with Crippen molar-refractivity contribution < 1.29 is 4.39 Å². The van der Waals surface area contributed by atoms with Crippen molar-refractivity contribution in [2.24, 2.45) is 0 Å². The molecule has 0 aromatic carbocycles. The number of aryl methyl sites for hydroxylation is 1. The average Bonchev–Trinajstić information content (AvgIpc) is 3.46. The van der Waals surface area contributed by atoms with Crippen LogP contribution in [0.25, 0.3) is 21.9 Å². The fraction of sp³-hybridized carbons (Fsp3) is 0.417. The molecular weight excluding hydrogens is 419 g/mol. The molecule has 2 aliphatic rings. The van der Waals surface area contributed by atoms with Crippen LogP contribution in [0.2, 0.25) is 0 Å². The van der Waals surface area contributed by atoms with Crippen molar-refractivity contribution >= 4 is 39.4 Å². The van der Waals surface area contributed by atoms with Gasteiger partial charge in [-0.15, -0.1) is 0 Å². The molecule has 4 aromatic rings. The molecule has 0 unspecified atom stereocenters. The Morgan fingerprint density at radius 1 is 1.03 bits per heavy atom. The van der Waals surface area contributed by atoms with Gasteiger partial charge in [0.1, 0.15) is 17.0 Å². The van der Waals surface area contributed by atoms with E-state index in [2.05, 4.69) is 31.6 Å². The molecule has 0 spiro atoms. The first-order chi connectivity index (χ1) is 16.2. The van der Waals surface area contributed by atoms with Crippen molar-refractivity contribution in [1.29, 1.82) is 0 Å². The number of piperazine rings is 1. The smallest absolute Gasteiger partial charge is 0.237 e. The van der Waals surface area contributed by atoms with Gasteiger partial charge in [0.15, 0.2) is 0 Å². The molecular formula is C24H27FN8. The second-order valence-electron chi connectivity index (χ2n) is 8.90. The summed E-state index contributed by atoms with van der Waals surface area (Å²) < 4.78 is 16.8. The molecule has 4 aromatic heterocycles. The molecule has 170 valence electrons.